The standard InChI is InChI=1S/C9H10FNO.C2H2/c10-7-3-1-2-6-5-12-8(4-11)9(6)7;1-2/h1-3,8H,4-5,11H2;1-2H/t8-;/m0./s1. The Hall–Kier alpha value is -1.37. The average Bonchev–Trinajstić information content (AvgIpc) is 2.65. The van der Waals surface area contributed by atoms with Crippen LogP contribution in [0.5, 0.6) is 0 Å². The number of fused-ring (bicyclic) bond motifs is 1. The van der Waals surface area contributed by atoms with Gasteiger partial charge < -0.3 is 10.5 Å². The van der Waals surface area contributed by atoms with Crippen molar-refractivity contribution < 1.29 is 9.13 Å². The first-order valence-electron chi connectivity index (χ1n) is 4.25. The summed E-state index contributed by atoms with van der Waals surface area (Å²) in [5, 5.41) is 0. The Morgan fingerprint density at radius 1 is 1.50 bits per heavy atom. The van der Waals surface area contributed by atoms with Gasteiger partial charge in [-0.2, -0.15) is 0 Å². The summed E-state index contributed by atoms with van der Waals surface area (Å²) in [5.74, 6) is -0.208. The molecule has 14 heavy (non-hydrogen) atoms. The molecule has 0 saturated carbocycles. The molecule has 0 aromatic heterocycles. The van der Waals surface area contributed by atoms with Crippen molar-refractivity contribution >= 4 is 0 Å². The first-order chi connectivity index (χ1) is 6.83. The molecule has 0 aliphatic carbocycles. The highest BCUT2D eigenvalue weighted by atomic mass is 19.1. The van der Waals surface area contributed by atoms with Crippen molar-refractivity contribution in [2.75, 3.05) is 6.54 Å². The number of terminal acetylenes is 1. The van der Waals surface area contributed by atoms with Gasteiger partial charge in [-0.15, -0.1) is 12.8 Å². The molecule has 0 unspecified atom stereocenters. The van der Waals surface area contributed by atoms with Crippen LogP contribution >= 0.6 is 0 Å². The summed E-state index contributed by atoms with van der Waals surface area (Å²) in [6.07, 6.45) is 7.75. The molecule has 74 valence electrons. The molecule has 0 saturated heterocycles. The zero-order valence-electron chi connectivity index (χ0n) is 7.74. The van der Waals surface area contributed by atoms with Crippen LogP contribution in [0, 0.1) is 18.7 Å². The van der Waals surface area contributed by atoms with E-state index in [-0.39, 0.29) is 11.9 Å². The topological polar surface area (TPSA) is 35.2 Å². The highest BCUT2D eigenvalue weighted by molar-refractivity contribution is 5.33. The lowest BCUT2D eigenvalue weighted by Gasteiger charge is -2.07. The Bertz CT molecular complexity index is 335. The van der Waals surface area contributed by atoms with Gasteiger partial charge in [0.1, 0.15) is 5.82 Å². The van der Waals surface area contributed by atoms with Crippen molar-refractivity contribution in [3.05, 3.63) is 35.1 Å². The third-order valence-electron chi connectivity index (χ3n) is 2.12. The van der Waals surface area contributed by atoms with Crippen molar-refractivity contribution in [2.24, 2.45) is 5.73 Å². The quantitative estimate of drug-likeness (QED) is 0.687. The van der Waals surface area contributed by atoms with Gasteiger partial charge in [-0.25, -0.2) is 4.39 Å². The van der Waals surface area contributed by atoms with Gasteiger partial charge in [-0.3, -0.25) is 0 Å². The Labute approximate surface area is 82.9 Å². The van der Waals surface area contributed by atoms with Crippen LogP contribution in [-0.4, -0.2) is 6.54 Å². The molecule has 0 radical (unpaired) electrons. The predicted molar refractivity (Wildman–Crippen MR) is 52.9 cm³/mol. The van der Waals surface area contributed by atoms with Crippen LogP contribution in [0.2, 0.25) is 0 Å². The van der Waals surface area contributed by atoms with Crippen LogP contribution < -0.4 is 5.73 Å². The predicted octanol–water partition coefficient (Wildman–Crippen LogP) is 1.61. The zero-order chi connectivity index (χ0) is 10.6. The molecule has 1 heterocycles. The van der Waals surface area contributed by atoms with Crippen LogP contribution in [0.25, 0.3) is 0 Å². The average molecular weight is 193 g/mol. The van der Waals surface area contributed by atoms with E-state index >= 15 is 0 Å². The SMILES string of the molecule is C#C.NC[C@@H]1OCc2cccc(F)c21. The summed E-state index contributed by atoms with van der Waals surface area (Å²) < 4.78 is 18.5. The second-order valence-corrected chi connectivity index (χ2v) is 2.85. The zero-order valence-corrected chi connectivity index (χ0v) is 7.74. The first kappa shape index (κ1) is 10.7. The van der Waals surface area contributed by atoms with Crippen LogP contribution in [0.3, 0.4) is 0 Å². The molecular weight excluding hydrogens is 181 g/mol. The molecule has 0 bridgehead atoms. The van der Waals surface area contributed by atoms with Crippen molar-refractivity contribution in [3.8, 4) is 12.8 Å². The molecule has 0 spiro atoms. The second kappa shape index (κ2) is 4.75. The molecule has 0 fully saturated rings. The van der Waals surface area contributed by atoms with Crippen molar-refractivity contribution in [2.45, 2.75) is 12.7 Å². The van der Waals surface area contributed by atoms with E-state index in [0.717, 1.165) is 5.56 Å². The number of benzene rings is 1. The lowest BCUT2D eigenvalue weighted by atomic mass is 10.1. The van der Waals surface area contributed by atoms with Gasteiger partial charge in [0.25, 0.3) is 0 Å². The van der Waals surface area contributed by atoms with E-state index in [9.17, 15) is 4.39 Å². The largest absolute Gasteiger partial charge is 0.367 e. The molecule has 1 aliphatic rings. The Morgan fingerprint density at radius 2 is 2.21 bits per heavy atom. The highest BCUT2D eigenvalue weighted by Crippen LogP contribution is 2.31. The molecule has 3 heteroatoms. The third kappa shape index (κ3) is 1.77. The van der Waals surface area contributed by atoms with E-state index < -0.39 is 0 Å². The van der Waals surface area contributed by atoms with E-state index in [1.54, 1.807) is 6.07 Å². The van der Waals surface area contributed by atoms with Gasteiger partial charge in [0.05, 0.1) is 12.7 Å². The lowest BCUT2D eigenvalue weighted by molar-refractivity contribution is 0.0708. The second-order valence-electron chi connectivity index (χ2n) is 2.85. The fourth-order valence-electron chi connectivity index (χ4n) is 1.53. The number of hydrogen-bond donors (Lipinski definition) is 1. The molecule has 2 nitrogen and oxygen atoms in total. The molecular formula is C11H12FNO. The number of nitrogens with two attached hydrogens (primary N) is 1. The van der Waals surface area contributed by atoms with Crippen molar-refractivity contribution in [1.29, 1.82) is 0 Å². The van der Waals surface area contributed by atoms with Crippen LogP contribution in [0.15, 0.2) is 18.2 Å². The van der Waals surface area contributed by atoms with Crippen molar-refractivity contribution in [3.63, 3.8) is 0 Å². The van der Waals surface area contributed by atoms with Gasteiger partial charge in [-0.1, -0.05) is 12.1 Å². The van der Waals surface area contributed by atoms with Gasteiger partial charge in [0.15, 0.2) is 0 Å². The fraction of sp³-hybridized carbons (Fsp3) is 0.273. The monoisotopic (exact) mass is 193 g/mol. The Balaban J connectivity index is 0.000000461. The summed E-state index contributed by atoms with van der Waals surface area (Å²) in [7, 11) is 0. The molecule has 1 atom stereocenters. The minimum atomic E-state index is -0.249. The maximum Gasteiger partial charge on any atom is 0.129 e. The van der Waals surface area contributed by atoms with Crippen LogP contribution in [0.4, 0.5) is 4.39 Å². The van der Waals surface area contributed by atoms with Gasteiger partial charge in [0, 0.05) is 12.1 Å². The molecule has 0 amide bonds. The third-order valence-corrected chi connectivity index (χ3v) is 2.12. The molecule has 1 aromatic rings. The molecule has 1 aromatic carbocycles. The lowest BCUT2D eigenvalue weighted by Crippen LogP contribution is -2.12. The molecule has 2 N–H and O–H groups in total. The van der Waals surface area contributed by atoms with Gasteiger partial charge in [-0.05, 0) is 11.6 Å². The van der Waals surface area contributed by atoms with E-state index in [0.29, 0.717) is 18.7 Å². The van der Waals surface area contributed by atoms with Gasteiger partial charge in [0.2, 0.25) is 0 Å². The summed E-state index contributed by atoms with van der Waals surface area (Å²) >= 11 is 0. The van der Waals surface area contributed by atoms with E-state index in [1.807, 2.05) is 6.07 Å². The maximum atomic E-state index is 13.2. The molecule has 1 aliphatic heterocycles. The minimum Gasteiger partial charge on any atom is -0.367 e. The summed E-state index contributed by atoms with van der Waals surface area (Å²) in [6, 6.07) is 5.00. The number of halogens is 1. The van der Waals surface area contributed by atoms with Crippen LogP contribution in [0.1, 0.15) is 17.2 Å². The number of rotatable bonds is 1. The smallest absolute Gasteiger partial charge is 0.129 e. The maximum absolute atomic E-state index is 13.2. The molecule has 2 rings (SSSR count). The van der Waals surface area contributed by atoms with Gasteiger partial charge >= 0.3 is 0 Å². The summed E-state index contributed by atoms with van der Waals surface area (Å²) in [5.41, 5.74) is 6.99. The minimum absolute atomic E-state index is 0.208. The number of hydrogen-bond acceptors (Lipinski definition) is 2. The van der Waals surface area contributed by atoms with Crippen LogP contribution in [-0.2, 0) is 11.3 Å². The Morgan fingerprint density at radius 3 is 2.86 bits per heavy atom. The summed E-state index contributed by atoms with van der Waals surface area (Å²) in [4.78, 5) is 0. The highest BCUT2D eigenvalue weighted by Gasteiger charge is 2.24. The van der Waals surface area contributed by atoms with Crippen molar-refractivity contribution in [1.82, 2.24) is 0 Å². The summed E-state index contributed by atoms with van der Waals surface area (Å²) in [6.45, 7) is 0.822. The number of ether oxygens (including phenoxy) is 1. The van der Waals surface area contributed by atoms with E-state index in [4.69, 9.17) is 10.5 Å². The fourth-order valence-corrected chi connectivity index (χ4v) is 1.53. The van der Waals surface area contributed by atoms with E-state index in [2.05, 4.69) is 12.8 Å². The first-order valence-corrected chi connectivity index (χ1v) is 4.25. The van der Waals surface area contributed by atoms with E-state index in [1.165, 1.54) is 6.07 Å². The Kier molecular flexibility index (Phi) is 3.63. The normalized spacial score (nSPS) is 18.1.